The Morgan fingerprint density at radius 3 is 1.89 bits per heavy atom. The van der Waals surface area contributed by atoms with Crippen LogP contribution in [0.2, 0.25) is 0 Å². The van der Waals surface area contributed by atoms with Crippen LogP contribution in [0, 0.1) is 0 Å². The average molecular weight is 357 g/mol. The van der Waals surface area contributed by atoms with Crippen molar-refractivity contribution >= 4 is 17.6 Å². The third-order valence-electron chi connectivity index (χ3n) is 4.65. The number of amides is 3. The molecule has 1 aliphatic rings. The van der Waals surface area contributed by atoms with E-state index in [9.17, 15) is 9.59 Å². The Morgan fingerprint density at radius 2 is 1.30 bits per heavy atom. The maximum atomic E-state index is 12.9. The largest absolute Gasteiger partial charge is 0.341 e. The van der Waals surface area contributed by atoms with Gasteiger partial charge in [-0.3, -0.25) is 10.2 Å². The van der Waals surface area contributed by atoms with Gasteiger partial charge in [-0.2, -0.15) is 0 Å². The molecule has 0 spiro atoms. The molecule has 0 bridgehead atoms. The van der Waals surface area contributed by atoms with E-state index in [0.717, 1.165) is 11.1 Å². The monoisotopic (exact) mass is 357 g/mol. The van der Waals surface area contributed by atoms with E-state index in [4.69, 9.17) is 0 Å². The molecule has 0 aromatic heterocycles. The van der Waals surface area contributed by atoms with Crippen molar-refractivity contribution in [2.24, 2.45) is 0 Å². The summed E-state index contributed by atoms with van der Waals surface area (Å²) in [4.78, 5) is 25.7. The zero-order valence-electron chi connectivity index (χ0n) is 14.6. The first kappa shape index (κ1) is 16.8. The van der Waals surface area contributed by atoms with E-state index in [-0.39, 0.29) is 11.9 Å². The SMILES string of the molecule is O=C1NN(C(=O)Nc2ccccc2)C(c2ccccc2)C1c1ccccc1. The predicted molar refractivity (Wildman–Crippen MR) is 104 cm³/mol. The lowest BCUT2D eigenvalue weighted by atomic mass is 9.87. The van der Waals surface area contributed by atoms with Crippen LogP contribution in [0.25, 0.3) is 0 Å². The van der Waals surface area contributed by atoms with Gasteiger partial charge in [-0.15, -0.1) is 0 Å². The molecule has 3 amide bonds. The number of benzene rings is 3. The summed E-state index contributed by atoms with van der Waals surface area (Å²) in [7, 11) is 0. The first-order chi connectivity index (χ1) is 13.2. The maximum Gasteiger partial charge on any atom is 0.341 e. The van der Waals surface area contributed by atoms with Crippen LogP contribution < -0.4 is 10.7 Å². The fraction of sp³-hybridized carbons (Fsp3) is 0.0909. The molecule has 134 valence electrons. The number of hydrazine groups is 1. The van der Waals surface area contributed by atoms with E-state index in [0.29, 0.717) is 5.69 Å². The van der Waals surface area contributed by atoms with Crippen LogP contribution in [-0.2, 0) is 4.79 Å². The van der Waals surface area contributed by atoms with Crippen LogP contribution >= 0.6 is 0 Å². The molecule has 2 atom stereocenters. The van der Waals surface area contributed by atoms with Crippen molar-refractivity contribution in [1.82, 2.24) is 10.4 Å². The highest BCUT2D eigenvalue weighted by Crippen LogP contribution is 2.39. The molecule has 0 radical (unpaired) electrons. The van der Waals surface area contributed by atoms with Gasteiger partial charge >= 0.3 is 6.03 Å². The topological polar surface area (TPSA) is 61.4 Å². The zero-order chi connectivity index (χ0) is 18.6. The van der Waals surface area contributed by atoms with Crippen LogP contribution in [0.15, 0.2) is 91.0 Å². The second kappa shape index (κ2) is 7.33. The Morgan fingerprint density at radius 1 is 0.778 bits per heavy atom. The number of carbonyl (C=O) groups excluding carboxylic acids is 2. The molecule has 1 heterocycles. The fourth-order valence-electron chi connectivity index (χ4n) is 3.42. The molecule has 0 aliphatic carbocycles. The van der Waals surface area contributed by atoms with E-state index in [1.54, 1.807) is 0 Å². The molecule has 1 fully saturated rings. The molecule has 1 saturated heterocycles. The van der Waals surface area contributed by atoms with Gasteiger partial charge in [-0.25, -0.2) is 9.80 Å². The maximum absolute atomic E-state index is 12.9. The van der Waals surface area contributed by atoms with Crippen LogP contribution in [0.4, 0.5) is 10.5 Å². The van der Waals surface area contributed by atoms with Gasteiger partial charge in [-0.1, -0.05) is 78.9 Å². The Labute approximate surface area is 157 Å². The highest BCUT2D eigenvalue weighted by atomic mass is 16.2. The lowest BCUT2D eigenvalue weighted by Gasteiger charge is -2.26. The average Bonchev–Trinajstić information content (AvgIpc) is 3.07. The molecule has 3 aromatic carbocycles. The smallest absolute Gasteiger partial charge is 0.306 e. The number of rotatable bonds is 3. The summed E-state index contributed by atoms with van der Waals surface area (Å²) < 4.78 is 0. The van der Waals surface area contributed by atoms with Crippen LogP contribution in [-0.4, -0.2) is 16.9 Å². The number of hydrogen-bond donors (Lipinski definition) is 2. The third kappa shape index (κ3) is 3.40. The van der Waals surface area contributed by atoms with Gasteiger partial charge in [0, 0.05) is 5.69 Å². The van der Waals surface area contributed by atoms with E-state index >= 15 is 0 Å². The zero-order valence-corrected chi connectivity index (χ0v) is 14.6. The van der Waals surface area contributed by atoms with Crippen molar-refractivity contribution in [2.45, 2.75) is 12.0 Å². The van der Waals surface area contributed by atoms with Crippen molar-refractivity contribution in [2.75, 3.05) is 5.32 Å². The summed E-state index contributed by atoms with van der Waals surface area (Å²) >= 11 is 0. The summed E-state index contributed by atoms with van der Waals surface area (Å²) in [6.45, 7) is 0. The van der Waals surface area contributed by atoms with Gasteiger partial charge in [0.25, 0.3) is 0 Å². The van der Waals surface area contributed by atoms with Gasteiger partial charge in [0.15, 0.2) is 0 Å². The summed E-state index contributed by atoms with van der Waals surface area (Å²) in [5.74, 6) is -0.673. The molecule has 2 unspecified atom stereocenters. The number of nitrogens with one attached hydrogen (secondary N) is 2. The summed E-state index contributed by atoms with van der Waals surface area (Å²) in [5, 5.41) is 4.24. The molecule has 3 aromatic rings. The fourth-order valence-corrected chi connectivity index (χ4v) is 3.42. The van der Waals surface area contributed by atoms with Gasteiger partial charge in [0.1, 0.15) is 0 Å². The number of nitrogens with zero attached hydrogens (tertiary/aromatic N) is 1. The normalized spacial score (nSPS) is 18.8. The summed E-state index contributed by atoms with van der Waals surface area (Å²) in [6.07, 6.45) is 0. The molecule has 27 heavy (non-hydrogen) atoms. The highest BCUT2D eigenvalue weighted by molar-refractivity contribution is 5.96. The van der Waals surface area contributed by atoms with Crippen molar-refractivity contribution in [3.8, 4) is 0 Å². The van der Waals surface area contributed by atoms with Gasteiger partial charge in [-0.05, 0) is 23.3 Å². The number of carbonyl (C=O) groups is 2. The summed E-state index contributed by atoms with van der Waals surface area (Å²) in [5.41, 5.74) is 5.20. The molecule has 1 aliphatic heterocycles. The highest BCUT2D eigenvalue weighted by Gasteiger charge is 2.45. The lowest BCUT2D eigenvalue weighted by molar-refractivity contribution is -0.121. The predicted octanol–water partition coefficient (Wildman–Crippen LogP) is 4.09. The van der Waals surface area contributed by atoms with Gasteiger partial charge in [0.05, 0.1) is 12.0 Å². The van der Waals surface area contributed by atoms with Crippen molar-refractivity contribution in [1.29, 1.82) is 0 Å². The number of urea groups is 1. The lowest BCUT2D eigenvalue weighted by Crippen LogP contribution is -2.42. The molecule has 0 saturated carbocycles. The second-order valence-corrected chi connectivity index (χ2v) is 6.39. The molecule has 5 nitrogen and oxygen atoms in total. The first-order valence-corrected chi connectivity index (χ1v) is 8.80. The van der Waals surface area contributed by atoms with Crippen LogP contribution in [0.3, 0.4) is 0 Å². The molecule has 2 N–H and O–H groups in total. The molecular weight excluding hydrogens is 338 g/mol. The Balaban J connectivity index is 1.70. The Kier molecular flexibility index (Phi) is 4.58. The minimum atomic E-state index is -0.477. The van der Waals surface area contributed by atoms with E-state index in [2.05, 4.69) is 10.7 Å². The van der Waals surface area contributed by atoms with Gasteiger partial charge < -0.3 is 5.32 Å². The van der Waals surface area contributed by atoms with E-state index in [1.807, 2.05) is 91.0 Å². The van der Waals surface area contributed by atoms with Gasteiger partial charge in [0.2, 0.25) is 5.91 Å². The molecule has 4 rings (SSSR count). The number of para-hydroxylation sites is 1. The Bertz CT molecular complexity index is 930. The number of anilines is 1. The minimum Gasteiger partial charge on any atom is -0.306 e. The van der Waals surface area contributed by atoms with E-state index < -0.39 is 12.0 Å². The minimum absolute atomic E-state index is 0.196. The van der Waals surface area contributed by atoms with Crippen LogP contribution in [0.5, 0.6) is 0 Å². The first-order valence-electron chi connectivity index (χ1n) is 8.80. The van der Waals surface area contributed by atoms with Crippen molar-refractivity contribution in [3.05, 3.63) is 102 Å². The van der Waals surface area contributed by atoms with Crippen molar-refractivity contribution < 1.29 is 9.59 Å². The Hall–Kier alpha value is -3.60. The molecular formula is C22H19N3O2. The van der Waals surface area contributed by atoms with Crippen LogP contribution in [0.1, 0.15) is 23.1 Å². The van der Waals surface area contributed by atoms with Crippen molar-refractivity contribution in [3.63, 3.8) is 0 Å². The standard InChI is InChI=1S/C22H19N3O2/c26-21-19(16-10-4-1-5-11-16)20(17-12-6-2-7-13-17)25(24-21)22(27)23-18-14-8-3-9-15-18/h1-15,19-20H,(H,23,27)(H,24,26). The quantitative estimate of drug-likeness (QED) is 0.742. The summed E-state index contributed by atoms with van der Waals surface area (Å²) in [6, 6.07) is 27.5. The second-order valence-electron chi connectivity index (χ2n) is 6.39. The molecule has 5 heteroatoms. The third-order valence-corrected chi connectivity index (χ3v) is 4.65. The number of hydrogen-bond acceptors (Lipinski definition) is 2. The van der Waals surface area contributed by atoms with E-state index in [1.165, 1.54) is 5.01 Å².